The molecule has 0 aliphatic rings. The molecule has 1 aromatic carbocycles. The number of hydrogen-bond donors (Lipinski definition) is 2. The molecular weight excluding hydrogens is 270 g/mol. The summed E-state index contributed by atoms with van der Waals surface area (Å²) in [6.45, 7) is 7.19. The van der Waals surface area contributed by atoms with Crippen LogP contribution in [0.3, 0.4) is 0 Å². The summed E-state index contributed by atoms with van der Waals surface area (Å²) < 4.78 is 0. The predicted octanol–water partition coefficient (Wildman–Crippen LogP) is 3.15. The predicted molar refractivity (Wildman–Crippen MR) is 83.2 cm³/mol. The maximum absolute atomic E-state index is 9.74. The molecule has 0 radical (unpaired) electrons. The molecule has 0 bridgehead atoms. The second kappa shape index (κ2) is 6.81. The van der Waals surface area contributed by atoms with Crippen molar-refractivity contribution in [2.75, 3.05) is 6.54 Å². The van der Waals surface area contributed by atoms with E-state index in [9.17, 15) is 5.11 Å². The third-order valence-electron chi connectivity index (χ3n) is 3.12. The Morgan fingerprint density at radius 2 is 2.10 bits per heavy atom. The lowest BCUT2D eigenvalue weighted by Gasteiger charge is -2.05. The summed E-state index contributed by atoms with van der Waals surface area (Å²) in [6.07, 6.45) is 2.00. The van der Waals surface area contributed by atoms with Crippen LogP contribution in [-0.4, -0.2) is 27.9 Å². The molecule has 0 saturated heterocycles. The molecule has 0 saturated carbocycles. The second-order valence-corrected chi connectivity index (χ2v) is 6.23. The third kappa shape index (κ3) is 3.77. The molecule has 0 spiro atoms. The van der Waals surface area contributed by atoms with Gasteiger partial charge in [-0.15, -0.1) is 10.2 Å². The first-order valence-electron chi connectivity index (χ1n) is 6.92. The lowest BCUT2D eigenvalue weighted by molar-refractivity contribution is 0.471. The SMILES string of the molecule is Cc1c(O)cccc1-c1nnc(CCCNC(C)C)s1. The number of nitrogens with one attached hydrogen (secondary N) is 1. The normalized spacial score (nSPS) is 11.2. The molecule has 2 aromatic rings. The van der Waals surface area contributed by atoms with Crippen LogP contribution in [0.5, 0.6) is 5.75 Å². The van der Waals surface area contributed by atoms with Gasteiger partial charge >= 0.3 is 0 Å². The highest BCUT2D eigenvalue weighted by Gasteiger charge is 2.10. The van der Waals surface area contributed by atoms with Crippen molar-refractivity contribution in [3.63, 3.8) is 0 Å². The molecule has 1 aromatic heterocycles. The van der Waals surface area contributed by atoms with Crippen LogP contribution < -0.4 is 5.32 Å². The molecule has 0 unspecified atom stereocenters. The fourth-order valence-corrected chi connectivity index (χ4v) is 2.91. The molecule has 5 heteroatoms. The summed E-state index contributed by atoms with van der Waals surface area (Å²) in [4.78, 5) is 0. The van der Waals surface area contributed by atoms with E-state index in [1.165, 1.54) is 0 Å². The van der Waals surface area contributed by atoms with E-state index < -0.39 is 0 Å². The zero-order chi connectivity index (χ0) is 14.5. The van der Waals surface area contributed by atoms with Gasteiger partial charge in [0.1, 0.15) is 15.8 Å². The smallest absolute Gasteiger partial charge is 0.148 e. The van der Waals surface area contributed by atoms with E-state index >= 15 is 0 Å². The molecule has 108 valence electrons. The van der Waals surface area contributed by atoms with Crippen LogP contribution in [-0.2, 0) is 6.42 Å². The zero-order valence-electron chi connectivity index (χ0n) is 12.2. The van der Waals surface area contributed by atoms with Crippen molar-refractivity contribution in [1.82, 2.24) is 15.5 Å². The van der Waals surface area contributed by atoms with Gasteiger partial charge in [-0.3, -0.25) is 0 Å². The van der Waals surface area contributed by atoms with E-state index in [1.54, 1.807) is 17.4 Å². The van der Waals surface area contributed by atoms with Crippen molar-refractivity contribution < 1.29 is 5.11 Å². The van der Waals surface area contributed by atoms with Gasteiger partial charge in [-0.1, -0.05) is 37.3 Å². The Morgan fingerprint density at radius 3 is 2.85 bits per heavy atom. The van der Waals surface area contributed by atoms with Crippen molar-refractivity contribution >= 4 is 11.3 Å². The van der Waals surface area contributed by atoms with Crippen molar-refractivity contribution in [2.24, 2.45) is 0 Å². The minimum Gasteiger partial charge on any atom is -0.508 e. The number of rotatable bonds is 6. The van der Waals surface area contributed by atoms with Crippen molar-refractivity contribution in [2.45, 2.75) is 39.7 Å². The molecule has 0 amide bonds. The van der Waals surface area contributed by atoms with Gasteiger partial charge in [0.25, 0.3) is 0 Å². The number of hydrogen-bond acceptors (Lipinski definition) is 5. The highest BCUT2D eigenvalue weighted by Crippen LogP contribution is 2.31. The highest BCUT2D eigenvalue weighted by molar-refractivity contribution is 7.14. The fraction of sp³-hybridized carbons (Fsp3) is 0.467. The summed E-state index contributed by atoms with van der Waals surface area (Å²) in [5.41, 5.74) is 1.82. The Hall–Kier alpha value is -1.46. The quantitative estimate of drug-likeness (QED) is 0.803. The zero-order valence-corrected chi connectivity index (χ0v) is 13.0. The van der Waals surface area contributed by atoms with Crippen LogP contribution in [0, 0.1) is 6.92 Å². The van der Waals surface area contributed by atoms with Gasteiger partial charge in [-0.25, -0.2) is 0 Å². The van der Waals surface area contributed by atoms with E-state index in [0.29, 0.717) is 11.8 Å². The first-order chi connectivity index (χ1) is 9.58. The molecule has 0 fully saturated rings. The molecule has 2 N–H and O–H groups in total. The lowest BCUT2D eigenvalue weighted by Crippen LogP contribution is -2.23. The molecule has 4 nitrogen and oxygen atoms in total. The van der Waals surface area contributed by atoms with E-state index in [2.05, 4.69) is 29.4 Å². The van der Waals surface area contributed by atoms with Crippen LogP contribution in [0.25, 0.3) is 10.6 Å². The van der Waals surface area contributed by atoms with Gasteiger partial charge < -0.3 is 10.4 Å². The van der Waals surface area contributed by atoms with E-state index in [1.807, 2.05) is 19.1 Å². The molecule has 0 aliphatic carbocycles. The van der Waals surface area contributed by atoms with Gasteiger partial charge in [0.15, 0.2) is 0 Å². The number of benzene rings is 1. The Balaban J connectivity index is 2.00. The molecule has 20 heavy (non-hydrogen) atoms. The monoisotopic (exact) mass is 291 g/mol. The minimum absolute atomic E-state index is 0.306. The van der Waals surface area contributed by atoms with Crippen LogP contribution in [0.1, 0.15) is 30.8 Å². The Bertz CT molecular complexity index is 566. The first-order valence-corrected chi connectivity index (χ1v) is 7.74. The van der Waals surface area contributed by atoms with E-state index in [4.69, 9.17) is 0 Å². The van der Waals surface area contributed by atoms with Gasteiger partial charge in [0.05, 0.1) is 0 Å². The van der Waals surface area contributed by atoms with Crippen molar-refractivity contribution in [3.05, 3.63) is 28.8 Å². The largest absolute Gasteiger partial charge is 0.508 e. The summed E-state index contributed by atoms with van der Waals surface area (Å²) in [5, 5.41) is 23.5. The standard InChI is InChI=1S/C15H21N3OS/c1-10(2)16-9-5-8-14-17-18-15(20-14)12-6-4-7-13(19)11(12)3/h4,6-7,10,16,19H,5,8-9H2,1-3H3. The minimum atomic E-state index is 0.306. The molecular formula is C15H21N3OS. The Kier molecular flexibility index (Phi) is 5.09. The fourth-order valence-electron chi connectivity index (χ4n) is 1.95. The molecule has 1 heterocycles. The van der Waals surface area contributed by atoms with Crippen molar-refractivity contribution in [1.29, 1.82) is 0 Å². The van der Waals surface area contributed by atoms with Gasteiger partial charge in [0.2, 0.25) is 0 Å². The van der Waals surface area contributed by atoms with Crippen molar-refractivity contribution in [3.8, 4) is 16.3 Å². The summed E-state index contributed by atoms with van der Waals surface area (Å²) in [6, 6.07) is 6.03. The molecule has 0 atom stereocenters. The Morgan fingerprint density at radius 1 is 1.30 bits per heavy atom. The van der Waals surface area contributed by atoms with Crippen LogP contribution in [0.15, 0.2) is 18.2 Å². The van der Waals surface area contributed by atoms with Gasteiger partial charge in [-0.05, 0) is 26.0 Å². The maximum atomic E-state index is 9.74. The summed E-state index contributed by atoms with van der Waals surface area (Å²) in [7, 11) is 0. The summed E-state index contributed by atoms with van der Waals surface area (Å²) in [5.74, 6) is 0.306. The highest BCUT2D eigenvalue weighted by atomic mass is 32.1. The van der Waals surface area contributed by atoms with Gasteiger partial charge in [-0.2, -0.15) is 0 Å². The van der Waals surface area contributed by atoms with Crippen LogP contribution in [0.4, 0.5) is 0 Å². The van der Waals surface area contributed by atoms with Crippen LogP contribution in [0.2, 0.25) is 0 Å². The number of phenolic OH excluding ortho intramolecular Hbond substituents is 1. The molecule has 2 rings (SSSR count). The average molecular weight is 291 g/mol. The topological polar surface area (TPSA) is 58.0 Å². The van der Waals surface area contributed by atoms with E-state index in [-0.39, 0.29) is 0 Å². The van der Waals surface area contributed by atoms with Crippen LogP contribution >= 0.6 is 11.3 Å². The number of phenols is 1. The number of aromatic nitrogens is 2. The second-order valence-electron chi connectivity index (χ2n) is 5.16. The summed E-state index contributed by atoms with van der Waals surface area (Å²) >= 11 is 1.61. The Labute approximate surface area is 123 Å². The number of aromatic hydroxyl groups is 1. The van der Waals surface area contributed by atoms with E-state index in [0.717, 1.165) is 40.5 Å². The first kappa shape index (κ1) is 14.9. The maximum Gasteiger partial charge on any atom is 0.148 e. The molecule has 0 aliphatic heterocycles. The number of aryl methyl sites for hydroxylation is 1. The van der Waals surface area contributed by atoms with Gasteiger partial charge in [0, 0.05) is 23.6 Å². The number of nitrogens with zero attached hydrogens (tertiary/aromatic N) is 2. The lowest BCUT2D eigenvalue weighted by atomic mass is 10.1. The average Bonchev–Trinajstić information content (AvgIpc) is 2.86. The third-order valence-corrected chi connectivity index (χ3v) is 4.14.